The zero-order chi connectivity index (χ0) is 19.8. The minimum absolute atomic E-state index is 0.293. The highest BCUT2D eigenvalue weighted by molar-refractivity contribution is 6.34. The fourth-order valence-corrected chi connectivity index (χ4v) is 4.39. The lowest BCUT2D eigenvalue weighted by Gasteiger charge is -2.35. The summed E-state index contributed by atoms with van der Waals surface area (Å²) in [4.78, 5) is 6.75. The molecule has 0 spiro atoms. The lowest BCUT2D eigenvalue weighted by molar-refractivity contribution is -0.0721. The van der Waals surface area contributed by atoms with E-state index in [-0.39, 0.29) is 0 Å². The van der Waals surface area contributed by atoms with Crippen molar-refractivity contribution in [2.75, 3.05) is 39.9 Å². The van der Waals surface area contributed by atoms with Gasteiger partial charge in [0.05, 0.1) is 18.8 Å². The van der Waals surface area contributed by atoms with Crippen LogP contribution in [0.3, 0.4) is 0 Å². The molecule has 0 aromatic heterocycles. The third kappa shape index (κ3) is 6.80. The standard InChI is InChI=1S/C21H31Cl2N3O2/c1-24-21(25-8-5-16-12-17(22)14-18(23)13-16)26-9-6-19(7-10-26)28-15-20-4-2-3-11-27-20/h12-14,19-20H,2-11,15H2,1H3,(H,24,25). The number of benzene rings is 1. The molecule has 0 radical (unpaired) electrons. The van der Waals surface area contributed by atoms with Gasteiger partial charge in [0, 0.05) is 43.3 Å². The molecule has 2 aliphatic rings. The topological polar surface area (TPSA) is 46.1 Å². The van der Waals surface area contributed by atoms with E-state index in [4.69, 9.17) is 32.7 Å². The summed E-state index contributed by atoms with van der Waals surface area (Å²) in [5, 5.41) is 4.80. The summed E-state index contributed by atoms with van der Waals surface area (Å²) in [5.41, 5.74) is 1.12. The van der Waals surface area contributed by atoms with Gasteiger partial charge in [-0.05, 0) is 62.3 Å². The van der Waals surface area contributed by atoms with E-state index in [1.807, 2.05) is 19.2 Å². The first kappa shape index (κ1) is 21.7. The minimum atomic E-state index is 0.293. The maximum Gasteiger partial charge on any atom is 0.193 e. The highest BCUT2D eigenvalue weighted by atomic mass is 35.5. The smallest absolute Gasteiger partial charge is 0.193 e. The third-order valence-corrected chi connectivity index (χ3v) is 5.80. The molecule has 3 rings (SSSR count). The molecule has 0 aliphatic carbocycles. The number of halogens is 2. The number of hydrogen-bond acceptors (Lipinski definition) is 3. The Morgan fingerprint density at radius 3 is 2.57 bits per heavy atom. The van der Waals surface area contributed by atoms with Gasteiger partial charge in [-0.3, -0.25) is 4.99 Å². The zero-order valence-electron chi connectivity index (χ0n) is 16.6. The lowest BCUT2D eigenvalue weighted by atomic mass is 10.1. The molecule has 7 heteroatoms. The Bertz CT molecular complexity index is 622. The number of aliphatic imine (C=N–C) groups is 1. The van der Waals surface area contributed by atoms with Crippen LogP contribution in [0, 0.1) is 0 Å². The number of rotatable bonds is 6. The van der Waals surface area contributed by atoms with Gasteiger partial charge in [-0.25, -0.2) is 0 Å². The van der Waals surface area contributed by atoms with Crippen LogP contribution >= 0.6 is 23.2 Å². The third-order valence-electron chi connectivity index (χ3n) is 5.36. The van der Waals surface area contributed by atoms with Crippen LogP contribution in [0.5, 0.6) is 0 Å². The second-order valence-corrected chi connectivity index (χ2v) is 8.38. The Kier molecular flexibility index (Phi) is 8.71. The number of nitrogens with zero attached hydrogens (tertiary/aromatic N) is 2. The molecule has 1 N–H and O–H groups in total. The molecule has 2 heterocycles. The molecule has 28 heavy (non-hydrogen) atoms. The quantitative estimate of drug-likeness (QED) is 0.546. The van der Waals surface area contributed by atoms with Gasteiger partial charge in [-0.2, -0.15) is 0 Å². The van der Waals surface area contributed by atoms with Crippen LogP contribution < -0.4 is 5.32 Å². The largest absolute Gasteiger partial charge is 0.376 e. The van der Waals surface area contributed by atoms with Gasteiger partial charge in [0.2, 0.25) is 0 Å². The Morgan fingerprint density at radius 2 is 1.93 bits per heavy atom. The first-order chi connectivity index (χ1) is 13.6. The second-order valence-electron chi connectivity index (χ2n) is 7.51. The van der Waals surface area contributed by atoms with Gasteiger partial charge in [0.15, 0.2) is 5.96 Å². The molecule has 1 unspecified atom stereocenters. The predicted molar refractivity (Wildman–Crippen MR) is 116 cm³/mol. The highest BCUT2D eigenvalue weighted by Crippen LogP contribution is 2.20. The number of ether oxygens (including phenoxy) is 2. The van der Waals surface area contributed by atoms with Crippen molar-refractivity contribution in [3.63, 3.8) is 0 Å². The van der Waals surface area contributed by atoms with Gasteiger partial charge >= 0.3 is 0 Å². The van der Waals surface area contributed by atoms with Crippen LogP contribution in [0.15, 0.2) is 23.2 Å². The van der Waals surface area contributed by atoms with Crippen LogP contribution in [-0.2, 0) is 15.9 Å². The molecule has 2 saturated heterocycles. The van der Waals surface area contributed by atoms with Gasteiger partial charge < -0.3 is 19.7 Å². The van der Waals surface area contributed by atoms with Crippen molar-refractivity contribution in [3.05, 3.63) is 33.8 Å². The fourth-order valence-electron chi connectivity index (χ4n) is 3.82. The fraction of sp³-hybridized carbons (Fsp3) is 0.667. The summed E-state index contributed by atoms with van der Waals surface area (Å²) in [6.07, 6.45) is 7.10. The molecule has 5 nitrogen and oxygen atoms in total. The summed E-state index contributed by atoms with van der Waals surface area (Å²) < 4.78 is 11.9. The van der Waals surface area contributed by atoms with Crippen molar-refractivity contribution in [3.8, 4) is 0 Å². The average molecular weight is 428 g/mol. The van der Waals surface area contributed by atoms with Crippen molar-refractivity contribution in [1.82, 2.24) is 10.2 Å². The van der Waals surface area contributed by atoms with E-state index in [1.165, 1.54) is 12.8 Å². The number of nitrogens with one attached hydrogen (secondary N) is 1. The monoisotopic (exact) mass is 427 g/mol. The van der Waals surface area contributed by atoms with Crippen molar-refractivity contribution in [2.24, 2.45) is 4.99 Å². The Morgan fingerprint density at radius 1 is 1.18 bits per heavy atom. The summed E-state index contributed by atoms with van der Waals surface area (Å²) in [6, 6.07) is 5.67. The van der Waals surface area contributed by atoms with E-state index in [0.29, 0.717) is 22.3 Å². The first-order valence-corrected chi connectivity index (χ1v) is 11.0. The van der Waals surface area contributed by atoms with Crippen LogP contribution in [-0.4, -0.2) is 63.0 Å². The van der Waals surface area contributed by atoms with Gasteiger partial charge in [0.25, 0.3) is 0 Å². The van der Waals surface area contributed by atoms with Crippen molar-refractivity contribution >= 4 is 29.2 Å². The number of guanidine groups is 1. The molecule has 156 valence electrons. The summed E-state index contributed by atoms with van der Waals surface area (Å²) in [5.74, 6) is 0.946. The van der Waals surface area contributed by atoms with E-state index in [2.05, 4.69) is 15.2 Å². The summed E-state index contributed by atoms with van der Waals surface area (Å²) in [6.45, 7) is 4.33. The maximum atomic E-state index is 6.11. The number of likely N-dealkylation sites (tertiary alicyclic amines) is 1. The second kappa shape index (κ2) is 11.2. The van der Waals surface area contributed by atoms with E-state index in [9.17, 15) is 0 Å². The molecular formula is C21H31Cl2N3O2. The molecule has 1 aromatic carbocycles. The van der Waals surface area contributed by atoms with Crippen molar-refractivity contribution < 1.29 is 9.47 Å². The summed E-state index contributed by atoms with van der Waals surface area (Å²) in [7, 11) is 1.83. The predicted octanol–water partition coefficient (Wildman–Crippen LogP) is 4.16. The highest BCUT2D eigenvalue weighted by Gasteiger charge is 2.23. The average Bonchev–Trinajstić information content (AvgIpc) is 2.70. The van der Waals surface area contributed by atoms with E-state index in [0.717, 1.165) is 70.1 Å². The van der Waals surface area contributed by atoms with Crippen LogP contribution in [0.25, 0.3) is 0 Å². The molecule has 1 atom stereocenters. The molecule has 1 aromatic rings. The van der Waals surface area contributed by atoms with Crippen LogP contribution in [0.1, 0.15) is 37.7 Å². The summed E-state index contributed by atoms with van der Waals surface area (Å²) >= 11 is 12.1. The van der Waals surface area contributed by atoms with E-state index < -0.39 is 0 Å². The molecule has 0 bridgehead atoms. The normalized spacial score (nSPS) is 21.8. The van der Waals surface area contributed by atoms with Crippen LogP contribution in [0.4, 0.5) is 0 Å². The molecule has 0 amide bonds. The van der Waals surface area contributed by atoms with E-state index in [1.54, 1.807) is 6.07 Å². The molecular weight excluding hydrogens is 397 g/mol. The number of piperidine rings is 1. The SMILES string of the molecule is CN=C(NCCc1cc(Cl)cc(Cl)c1)N1CCC(OCC2CCCCO2)CC1. The van der Waals surface area contributed by atoms with Crippen molar-refractivity contribution in [1.29, 1.82) is 0 Å². The Balaban J connectivity index is 1.37. The molecule has 0 saturated carbocycles. The minimum Gasteiger partial charge on any atom is -0.376 e. The van der Waals surface area contributed by atoms with Gasteiger partial charge in [-0.1, -0.05) is 23.2 Å². The Labute approximate surface area is 178 Å². The van der Waals surface area contributed by atoms with Gasteiger partial charge in [0.1, 0.15) is 0 Å². The van der Waals surface area contributed by atoms with Gasteiger partial charge in [-0.15, -0.1) is 0 Å². The maximum absolute atomic E-state index is 6.11. The molecule has 2 fully saturated rings. The molecule has 2 aliphatic heterocycles. The lowest BCUT2D eigenvalue weighted by Crippen LogP contribution is -2.47. The van der Waals surface area contributed by atoms with E-state index >= 15 is 0 Å². The zero-order valence-corrected chi connectivity index (χ0v) is 18.1. The Hall–Kier alpha value is -1.01. The number of hydrogen-bond donors (Lipinski definition) is 1. The van der Waals surface area contributed by atoms with Crippen molar-refractivity contribution in [2.45, 2.75) is 50.7 Å². The van der Waals surface area contributed by atoms with Crippen LogP contribution in [0.2, 0.25) is 10.0 Å². The first-order valence-electron chi connectivity index (χ1n) is 10.3.